The third-order valence-electron chi connectivity index (χ3n) is 3.10. The Morgan fingerprint density at radius 2 is 2.18 bits per heavy atom. The molecule has 2 aromatic heterocycles. The molecule has 4 nitrogen and oxygen atoms in total. The lowest BCUT2D eigenvalue weighted by Gasteiger charge is -2.24. The maximum atomic E-state index is 6.38. The van der Waals surface area contributed by atoms with Gasteiger partial charge in [0.05, 0.1) is 5.54 Å². The number of imidazole rings is 1. The van der Waals surface area contributed by atoms with Gasteiger partial charge in [0, 0.05) is 12.7 Å². The smallest absolute Gasteiger partial charge is 0.160 e. The predicted octanol–water partition coefficient (Wildman–Crippen LogP) is 2.43. The van der Waals surface area contributed by atoms with Gasteiger partial charge in [0.15, 0.2) is 5.65 Å². The molecule has 4 heteroatoms. The lowest BCUT2D eigenvalue weighted by atomic mass is 9.96. The van der Waals surface area contributed by atoms with E-state index in [2.05, 4.69) is 28.4 Å². The van der Waals surface area contributed by atoms with Crippen LogP contribution in [-0.4, -0.2) is 14.5 Å². The number of aryl methyl sites for hydroxylation is 1. The summed E-state index contributed by atoms with van der Waals surface area (Å²) in [6, 6.07) is 3.90. The molecule has 2 aromatic rings. The quantitative estimate of drug-likeness (QED) is 0.880. The highest BCUT2D eigenvalue weighted by Gasteiger charge is 2.27. The topological polar surface area (TPSA) is 56.7 Å². The van der Waals surface area contributed by atoms with E-state index in [0.717, 1.165) is 36.4 Å². The number of hydrogen-bond acceptors (Lipinski definition) is 3. The van der Waals surface area contributed by atoms with Gasteiger partial charge in [-0.15, -0.1) is 0 Å². The molecule has 0 saturated heterocycles. The number of nitrogens with zero attached hydrogens (tertiary/aromatic N) is 3. The second-order valence-electron chi connectivity index (χ2n) is 4.69. The molecular weight excluding hydrogens is 212 g/mol. The Morgan fingerprint density at radius 1 is 1.41 bits per heavy atom. The molecule has 2 heterocycles. The van der Waals surface area contributed by atoms with Crippen LogP contribution in [0.1, 0.15) is 39.4 Å². The maximum Gasteiger partial charge on any atom is 0.160 e. The summed E-state index contributed by atoms with van der Waals surface area (Å²) in [4.78, 5) is 9.04. The van der Waals surface area contributed by atoms with Crippen molar-refractivity contribution in [3.63, 3.8) is 0 Å². The lowest BCUT2D eigenvalue weighted by Crippen LogP contribution is -2.36. The van der Waals surface area contributed by atoms with Crippen molar-refractivity contribution in [3.8, 4) is 0 Å². The standard InChI is InChI=1S/C13H20N4/c1-4-8-13(3,14)12-16-10-7-6-9-15-11(10)17(12)5-2/h6-7,9H,4-5,8,14H2,1-3H3. The summed E-state index contributed by atoms with van der Waals surface area (Å²) < 4.78 is 2.12. The molecule has 0 saturated carbocycles. The first kappa shape index (κ1) is 12.0. The van der Waals surface area contributed by atoms with E-state index in [1.807, 2.05) is 19.1 Å². The zero-order valence-corrected chi connectivity index (χ0v) is 10.8. The van der Waals surface area contributed by atoms with Crippen LogP contribution in [0.25, 0.3) is 11.2 Å². The SMILES string of the molecule is CCCC(C)(N)c1nc2cccnc2n1CC. The Labute approximate surface area is 102 Å². The Morgan fingerprint density at radius 3 is 2.82 bits per heavy atom. The molecule has 0 amide bonds. The predicted molar refractivity (Wildman–Crippen MR) is 69.6 cm³/mol. The zero-order valence-electron chi connectivity index (χ0n) is 10.8. The van der Waals surface area contributed by atoms with Crippen LogP contribution in [0.15, 0.2) is 18.3 Å². The van der Waals surface area contributed by atoms with Crippen molar-refractivity contribution in [2.75, 3.05) is 0 Å². The number of hydrogen-bond donors (Lipinski definition) is 1. The van der Waals surface area contributed by atoms with Crippen molar-refractivity contribution in [3.05, 3.63) is 24.2 Å². The van der Waals surface area contributed by atoms with Crippen molar-refractivity contribution < 1.29 is 0 Å². The Kier molecular flexibility index (Phi) is 3.15. The monoisotopic (exact) mass is 232 g/mol. The van der Waals surface area contributed by atoms with E-state index in [-0.39, 0.29) is 5.54 Å². The summed E-state index contributed by atoms with van der Waals surface area (Å²) in [6.45, 7) is 7.13. The zero-order chi connectivity index (χ0) is 12.5. The fourth-order valence-corrected chi connectivity index (χ4v) is 2.33. The molecule has 17 heavy (non-hydrogen) atoms. The summed E-state index contributed by atoms with van der Waals surface area (Å²) in [5, 5.41) is 0. The van der Waals surface area contributed by atoms with Crippen LogP contribution in [0.5, 0.6) is 0 Å². The van der Waals surface area contributed by atoms with Gasteiger partial charge in [0.1, 0.15) is 11.3 Å². The number of nitrogens with two attached hydrogens (primary N) is 1. The molecule has 0 fully saturated rings. The highest BCUT2D eigenvalue weighted by atomic mass is 15.2. The fraction of sp³-hybridized carbons (Fsp3) is 0.538. The molecule has 0 radical (unpaired) electrons. The van der Waals surface area contributed by atoms with Gasteiger partial charge in [-0.25, -0.2) is 9.97 Å². The second kappa shape index (κ2) is 4.45. The minimum absolute atomic E-state index is 0.383. The van der Waals surface area contributed by atoms with Crippen LogP contribution in [0, 0.1) is 0 Å². The summed E-state index contributed by atoms with van der Waals surface area (Å²) in [5.74, 6) is 0.940. The van der Waals surface area contributed by atoms with E-state index in [1.165, 1.54) is 0 Å². The van der Waals surface area contributed by atoms with E-state index in [1.54, 1.807) is 6.20 Å². The normalized spacial score (nSPS) is 15.1. The van der Waals surface area contributed by atoms with E-state index in [4.69, 9.17) is 5.73 Å². The van der Waals surface area contributed by atoms with Crippen molar-refractivity contribution in [2.24, 2.45) is 5.73 Å². The van der Waals surface area contributed by atoms with Gasteiger partial charge in [-0.05, 0) is 32.4 Å². The first-order valence-corrected chi connectivity index (χ1v) is 6.20. The molecule has 0 aliphatic heterocycles. The molecular formula is C13H20N4. The molecule has 0 spiro atoms. The highest BCUT2D eigenvalue weighted by molar-refractivity contribution is 5.71. The largest absolute Gasteiger partial charge is 0.319 e. The average molecular weight is 232 g/mol. The molecule has 2 N–H and O–H groups in total. The van der Waals surface area contributed by atoms with Crippen molar-refractivity contribution in [1.82, 2.24) is 14.5 Å². The van der Waals surface area contributed by atoms with Crippen LogP contribution in [0.2, 0.25) is 0 Å². The molecule has 1 unspecified atom stereocenters. The lowest BCUT2D eigenvalue weighted by molar-refractivity contribution is 0.403. The van der Waals surface area contributed by atoms with E-state index >= 15 is 0 Å². The summed E-state index contributed by atoms with van der Waals surface area (Å²) in [7, 11) is 0. The number of aromatic nitrogens is 3. The second-order valence-corrected chi connectivity index (χ2v) is 4.69. The third-order valence-corrected chi connectivity index (χ3v) is 3.10. The van der Waals surface area contributed by atoms with Crippen LogP contribution in [0.4, 0.5) is 0 Å². The van der Waals surface area contributed by atoms with Gasteiger partial charge in [0.25, 0.3) is 0 Å². The van der Waals surface area contributed by atoms with Crippen molar-refractivity contribution in [2.45, 2.75) is 45.7 Å². The Bertz CT molecular complexity index is 513. The van der Waals surface area contributed by atoms with E-state index in [9.17, 15) is 0 Å². The molecule has 0 aliphatic carbocycles. The van der Waals surface area contributed by atoms with Gasteiger partial charge in [0.2, 0.25) is 0 Å². The van der Waals surface area contributed by atoms with Crippen LogP contribution >= 0.6 is 0 Å². The molecule has 0 bridgehead atoms. The molecule has 0 aliphatic rings. The Hall–Kier alpha value is -1.42. The third kappa shape index (κ3) is 2.05. The summed E-state index contributed by atoms with van der Waals surface area (Å²) >= 11 is 0. The van der Waals surface area contributed by atoms with Gasteiger partial charge < -0.3 is 10.3 Å². The van der Waals surface area contributed by atoms with Gasteiger partial charge in [-0.1, -0.05) is 13.3 Å². The maximum absolute atomic E-state index is 6.38. The molecule has 1 atom stereocenters. The van der Waals surface area contributed by atoms with Crippen molar-refractivity contribution in [1.29, 1.82) is 0 Å². The van der Waals surface area contributed by atoms with E-state index in [0.29, 0.717) is 0 Å². The van der Waals surface area contributed by atoms with Gasteiger partial charge in [-0.2, -0.15) is 0 Å². The first-order valence-electron chi connectivity index (χ1n) is 6.20. The first-order chi connectivity index (χ1) is 8.10. The van der Waals surface area contributed by atoms with Crippen LogP contribution < -0.4 is 5.73 Å². The van der Waals surface area contributed by atoms with E-state index < -0.39 is 0 Å². The van der Waals surface area contributed by atoms with Crippen LogP contribution in [0.3, 0.4) is 0 Å². The minimum Gasteiger partial charge on any atom is -0.319 e. The average Bonchev–Trinajstić information content (AvgIpc) is 2.68. The number of pyridine rings is 1. The highest BCUT2D eigenvalue weighted by Crippen LogP contribution is 2.25. The molecule has 0 aromatic carbocycles. The summed E-state index contributed by atoms with van der Waals surface area (Å²) in [6.07, 6.45) is 3.78. The van der Waals surface area contributed by atoms with Gasteiger partial charge >= 0.3 is 0 Å². The fourth-order valence-electron chi connectivity index (χ4n) is 2.33. The molecule has 2 rings (SSSR count). The summed E-state index contributed by atoms with van der Waals surface area (Å²) in [5.41, 5.74) is 7.85. The number of fused-ring (bicyclic) bond motifs is 1. The van der Waals surface area contributed by atoms with Crippen molar-refractivity contribution >= 4 is 11.2 Å². The van der Waals surface area contributed by atoms with Crippen LogP contribution in [-0.2, 0) is 12.1 Å². The van der Waals surface area contributed by atoms with Gasteiger partial charge in [-0.3, -0.25) is 0 Å². The minimum atomic E-state index is -0.383. The number of rotatable bonds is 4. The molecule has 92 valence electrons. The Balaban J connectivity index is 2.61.